The molecular formula is C24H33N7O5. The maximum Gasteiger partial charge on any atom is 0.341 e. The molecule has 1 aromatic carbocycles. The van der Waals surface area contributed by atoms with Gasteiger partial charge >= 0.3 is 12.0 Å². The second-order valence-electron chi connectivity index (χ2n) is 9.83. The first-order valence-electron chi connectivity index (χ1n) is 12.9. The number of hydrogen-bond donors (Lipinski definition) is 2. The van der Waals surface area contributed by atoms with Crippen molar-refractivity contribution in [2.45, 2.75) is 62.4 Å². The molecule has 3 aliphatic heterocycles. The van der Waals surface area contributed by atoms with E-state index in [4.69, 9.17) is 18.9 Å². The highest BCUT2D eigenvalue weighted by Crippen LogP contribution is 2.36. The molecule has 2 amide bonds. The second kappa shape index (κ2) is 10.6. The van der Waals surface area contributed by atoms with Gasteiger partial charge in [0.1, 0.15) is 24.0 Å². The number of carbonyl (C=O) groups is 1. The van der Waals surface area contributed by atoms with E-state index in [0.717, 1.165) is 31.6 Å². The molecule has 4 heterocycles. The summed E-state index contributed by atoms with van der Waals surface area (Å²) in [6.45, 7) is 3.86. The highest BCUT2D eigenvalue weighted by atomic mass is 16.6. The van der Waals surface area contributed by atoms with Gasteiger partial charge in [0.2, 0.25) is 0 Å². The molecule has 0 spiro atoms. The van der Waals surface area contributed by atoms with Crippen molar-refractivity contribution in [3.63, 3.8) is 0 Å². The number of morpholine rings is 1. The number of fused-ring (bicyclic) bond motifs is 1. The summed E-state index contributed by atoms with van der Waals surface area (Å²) in [6, 6.07) is 7.76. The van der Waals surface area contributed by atoms with E-state index in [1.807, 2.05) is 18.2 Å². The number of amides is 2. The Bertz CT molecular complexity index is 1040. The molecule has 0 radical (unpaired) electrons. The molecule has 0 bridgehead atoms. The van der Waals surface area contributed by atoms with Crippen LogP contribution in [0.1, 0.15) is 38.1 Å². The Hall–Kier alpha value is -2.96. The van der Waals surface area contributed by atoms with E-state index in [9.17, 15) is 4.79 Å². The van der Waals surface area contributed by atoms with Crippen LogP contribution in [0.5, 0.6) is 11.8 Å². The minimum absolute atomic E-state index is 0.158. The zero-order valence-electron chi connectivity index (χ0n) is 20.3. The Morgan fingerprint density at radius 2 is 1.86 bits per heavy atom. The second-order valence-corrected chi connectivity index (χ2v) is 9.83. The first-order chi connectivity index (χ1) is 17.7. The molecule has 1 aromatic heterocycles. The molecule has 0 unspecified atom stereocenters. The van der Waals surface area contributed by atoms with Crippen molar-refractivity contribution in [3.05, 3.63) is 24.3 Å². The van der Waals surface area contributed by atoms with Crippen LogP contribution in [0.4, 0.5) is 10.5 Å². The van der Waals surface area contributed by atoms with Crippen molar-refractivity contribution in [1.29, 1.82) is 0 Å². The lowest BCUT2D eigenvalue weighted by Crippen LogP contribution is -2.50. The van der Waals surface area contributed by atoms with E-state index >= 15 is 0 Å². The molecule has 2 aromatic rings. The third kappa shape index (κ3) is 4.97. The largest absolute Gasteiger partial charge is 0.423 e. The molecule has 1 saturated carbocycles. The molecule has 12 heteroatoms. The lowest BCUT2D eigenvalue weighted by Gasteiger charge is -2.29. The van der Waals surface area contributed by atoms with Crippen LogP contribution in [0.2, 0.25) is 0 Å². The fourth-order valence-electron chi connectivity index (χ4n) is 5.59. The number of aromatic nitrogens is 4. The van der Waals surface area contributed by atoms with Crippen LogP contribution >= 0.6 is 0 Å². The summed E-state index contributed by atoms with van der Waals surface area (Å²) in [7, 11) is 0. The number of tetrazole rings is 1. The van der Waals surface area contributed by atoms with Crippen molar-refractivity contribution in [3.8, 4) is 11.8 Å². The minimum Gasteiger partial charge on any atom is -0.423 e. The molecule has 2 N–H and O–H groups in total. The summed E-state index contributed by atoms with van der Waals surface area (Å²) in [5.41, 5.74) is 1.07. The van der Waals surface area contributed by atoms with Crippen molar-refractivity contribution in [1.82, 2.24) is 30.8 Å². The number of hydrogen-bond acceptors (Lipinski definition) is 9. The normalized spacial score (nSPS) is 28.6. The SMILES string of the molecule is O=C(NC1CCCCC1)N[C@H]1CO[C@H]2[C@@H]1OC[C@@H]2n1nnnc1Oc1cccc(N2CCOCC2)c1. The molecule has 1 aliphatic carbocycles. The quantitative estimate of drug-likeness (QED) is 0.610. The summed E-state index contributed by atoms with van der Waals surface area (Å²) in [6.07, 6.45) is 5.11. The van der Waals surface area contributed by atoms with Crippen LogP contribution in [0, 0.1) is 0 Å². The molecule has 4 aliphatic rings. The van der Waals surface area contributed by atoms with Gasteiger partial charge in [-0.3, -0.25) is 0 Å². The standard InChI is InChI=1S/C24H33N7O5/c32-23(25-16-5-2-1-3-6-16)26-19-14-34-22-20(15-35-21(19)22)31-24(27-28-29-31)36-18-8-4-7-17(13-18)30-9-11-33-12-10-30/h4,7-8,13,16,19-22H,1-3,5-6,9-12,14-15H2,(H2,25,26,32)/t19-,20-,21+,22+/m0/s1. The van der Waals surface area contributed by atoms with Crippen molar-refractivity contribution in [2.75, 3.05) is 44.4 Å². The van der Waals surface area contributed by atoms with E-state index in [2.05, 4.69) is 37.1 Å². The average molecular weight is 500 g/mol. The first-order valence-corrected chi connectivity index (χ1v) is 12.9. The van der Waals surface area contributed by atoms with Gasteiger partial charge in [-0.15, -0.1) is 0 Å². The third-order valence-electron chi connectivity index (χ3n) is 7.46. The van der Waals surface area contributed by atoms with Crippen molar-refractivity contribution in [2.24, 2.45) is 0 Å². The van der Waals surface area contributed by atoms with E-state index in [-0.39, 0.29) is 42.4 Å². The van der Waals surface area contributed by atoms with Crippen LogP contribution < -0.4 is 20.3 Å². The van der Waals surface area contributed by atoms with E-state index < -0.39 is 0 Å². The van der Waals surface area contributed by atoms with Gasteiger partial charge in [0.05, 0.1) is 32.5 Å². The zero-order chi connectivity index (χ0) is 24.3. The molecule has 4 atom stereocenters. The van der Waals surface area contributed by atoms with E-state index in [1.165, 1.54) is 19.3 Å². The van der Waals surface area contributed by atoms with Crippen LogP contribution in [0.15, 0.2) is 24.3 Å². The van der Waals surface area contributed by atoms with Gasteiger partial charge in [-0.05, 0) is 35.4 Å². The molecule has 4 fully saturated rings. The molecule has 12 nitrogen and oxygen atoms in total. The predicted molar refractivity (Wildman–Crippen MR) is 128 cm³/mol. The summed E-state index contributed by atoms with van der Waals surface area (Å²) < 4.78 is 25.3. The average Bonchev–Trinajstić information content (AvgIpc) is 3.63. The molecular weight excluding hydrogens is 466 g/mol. The van der Waals surface area contributed by atoms with Crippen LogP contribution in [-0.2, 0) is 14.2 Å². The number of nitrogens with one attached hydrogen (secondary N) is 2. The maximum absolute atomic E-state index is 12.6. The fraction of sp³-hybridized carbons (Fsp3) is 0.667. The highest BCUT2D eigenvalue weighted by Gasteiger charge is 2.50. The van der Waals surface area contributed by atoms with Crippen molar-refractivity contribution >= 4 is 11.7 Å². The minimum atomic E-state index is -0.282. The summed E-state index contributed by atoms with van der Waals surface area (Å²) >= 11 is 0. The van der Waals surface area contributed by atoms with Gasteiger partial charge in [0, 0.05) is 30.9 Å². The molecule has 36 heavy (non-hydrogen) atoms. The van der Waals surface area contributed by atoms with Crippen LogP contribution in [0.3, 0.4) is 0 Å². The lowest BCUT2D eigenvalue weighted by molar-refractivity contribution is 0.0613. The number of ether oxygens (including phenoxy) is 4. The first kappa shape index (κ1) is 23.4. The number of urea groups is 1. The molecule has 6 rings (SSSR count). The van der Waals surface area contributed by atoms with E-state index in [1.54, 1.807) is 4.68 Å². The summed E-state index contributed by atoms with van der Waals surface area (Å²) in [4.78, 5) is 14.8. The lowest BCUT2D eigenvalue weighted by atomic mass is 9.96. The monoisotopic (exact) mass is 499 g/mol. The number of nitrogens with zero attached hydrogens (tertiary/aromatic N) is 5. The topological polar surface area (TPSA) is 125 Å². The smallest absolute Gasteiger partial charge is 0.341 e. The highest BCUT2D eigenvalue weighted by molar-refractivity contribution is 5.74. The van der Waals surface area contributed by atoms with E-state index in [0.29, 0.717) is 32.2 Å². The molecule has 3 saturated heterocycles. The number of benzene rings is 1. The van der Waals surface area contributed by atoms with Crippen molar-refractivity contribution < 1.29 is 23.7 Å². The number of rotatable bonds is 6. The Balaban J connectivity index is 1.09. The van der Waals surface area contributed by atoms with Crippen LogP contribution in [-0.4, -0.2) is 90.0 Å². The van der Waals surface area contributed by atoms with Crippen LogP contribution in [0.25, 0.3) is 0 Å². The predicted octanol–water partition coefficient (Wildman–Crippen LogP) is 1.64. The number of carbonyl (C=O) groups excluding carboxylic acids is 1. The van der Waals surface area contributed by atoms with Gasteiger partial charge in [-0.2, -0.15) is 4.68 Å². The summed E-state index contributed by atoms with van der Waals surface area (Å²) in [5.74, 6) is 0.650. The van der Waals surface area contributed by atoms with Gasteiger partial charge < -0.3 is 34.5 Å². The Morgan fingerprint density at radius 3 is 2.72 bits per heavy atom. The third-order valence-corrected chi connectivity index (χ3v) is 7.46. The zero-order valence-corrected chi connectivity index (χ0v) is 20.3. The Morgan fingerprint density at radius 1 is 1.03 bits per heavy atom. The fourth-order valence-corrected chi connectivity index (χ4v) is 5.59. The van der Waals surface area contributed by atoms with Gasteiger partial charge in [-0.1, -0.05) is 30.4 Å². The number of anilines is 1. The van der Waals surface area contributed by atoms with Gasteiger partial charge in [0.15, 0.2) is 0 Å². The Labute approximate surface area is 209 Å². The van der Waals surface area contributed by atoms with Gasteiger partial charge in [0.25, 0.3) is 0 Å². The Kier molecular flexibility index (Phi) is 6.88. The summed E-state index contributed by atoms with van der Waals surface area (Å²) in [5, 5.41) is 18.3. The maximum atomic E-state index is 12.6. The molecule has 194 valence electrons. The van der Waals surface area contributed by atoms with Gasteiger partial charge in [-0.25, -0.2) is 4.79 Å².